The molecule has 0 fully saturated rings. The number of anilines is 1. The number of benzene rings is 1. The third kappa shape index (κ3) is 2.97. The molecule has 0 spiro atoms. The summed E-state index contributed by atoms with van der Waals surface area (Å²) in [7, 11) is 3.26. The minimum absolute atomic E-state index is 0.0169. The lowest BCUT2D eigenvalue weighted by molar-refractivity contribution is -0.384. The van der Waals surface area contributed by atoms with Gasteiger partial charge in [0.2, 0.25) is 0 Å². The Morgan fingerprint density at radius 3 is 2.89 bits per heavy atom. The van der Waals surface area contributed by atoms with Gasteiger partial charge in [-0.25, -0.2) is 4.98 Å². The quantitative estimate of drug-likeness (QED) is 0.646. The summed E-state index contributed by atoms with van der Waals surface area (Å²) in [5, 5.41) is 17.9. The monoisotopic (exact) mass is 263 g/mol. The van der Waals surface area contributed by atoms with Gasteiger partial charge in [0, 0.05) is 19.2 Å². The molecule has 0 aliphatic heterocycles. The number of rotatable bonds is 5. The van der Waals surface area contributed by atoms with E-state index in [2.05, 4.69) is 15.4 Å². The first kappa shape index (κ1) is 12.8. The van der Waals surface area contributed by atoms with Gasteiger partial charge < -0.3 is 10.1 Å². The highest BCUT2D eigenvalue weighted by molar-refractivity contribution is 5.64. The van der Waals surface area contributed by atoms with E-state index >= 15 is 0 Å². The molecule has 1 heterocycles. The van der Waals surface area contributed by atoms with Gasteiger partial charge in [0.1, 0.15) is 17.8 Å². The minimum Gasteiger partial charge on any atom is -0.497 e. The Kier molecular flexibility index (Phi) is 3.60. The summed E-state index contributed by atoms with van der Waals surface area (Å²) in [6.07, 6.45) is 1.57. The van der Waals surface area contributed by atoms with Gasteiger partial charge in [-0.2, -0.15) is 5.10 Å². The van der Waals surface area contributed by atoms with Crippen LogP contribution in [0.3, 0.4) is 0 Å². The number of hydrogen-bond donors (Lipinski definition) is 1. The molecule has 0 bridgehead atoms. The molecule has 0 unspecified atom stereocenters. The molecule has 1 aromatic heterocycles. The van der Waals surface area contributed by atoms with Crippen LogP contribution in [0.4, 0.5) is 11.4 Å². The number of methoxy groups -OCH3 is 1. The lowest BCUT2D eigenvalue weighted by Gasteiger charge is -2.07. The summed E-state index contributed by atoms with van der Waals surface area (Å²) in [6.45, 7) is 0.300. The topological polar surface area (TPSA) is 95.1 Å². The summed E-state index contributed by atoms with van der Waals surface area (Å²) in [4.78, 5) is 14.5. The van der Waals surface area contributed by atoms with E-state index in [1.54, 1.807) is 30.2 Å². The molecule has 100 valence electrons. The number of aryl methyl sites for hydroxylation is 1. The van der Waals surface area contributed by atoms with Crippen molar-refractivity contribution in [3.63, 3.8) is 0 Å². The SMILES string of the molecule is COc1ccc([N+](=O)[O-])c(NCc2ncn(C)n2)c1. The van der Waals surface area contributed by atoms with E-state index < -0.39 is 4.92 Å². The summed E-state index contributed by atoms with van der Waals surface area (Å²) in [5.74, 6) is 1.10. The van der Waals surface area contributed by atoms with E-state index in [1.165, 1.54) is 13.2 Å². The standard InChI is InChI=1S/C11H13N5O3/c1-15-7-13-11(14-15)6-12-9-5-8(19-2)3-4-10(9)16(17)18/h3-5,7,12H,6H2,1-2H3. The van der Waals surface area contributed by atoms with E-state index in [-0.39, 0.29) is 5.69 Å². The van der Waals surface area contributed by atoms with Crippen LogP contribution in [0.1, 0.15) is 5.82 Å². The Labute approximate surface area is 109 Å². The van der Waals surface area contributed by atoms with Crippen LogP contribution in [0.5, 0.6) is 5.75 Å². The first-order chi connectivity index (χ1) is 9.10. The van der Waals surface area contributed by atoms with Crippen molar-refractivity contribution in [1.82, 2.24) is 14.8 Å². The molecule has 19 heavy (non-hydrogen) atoms. The summed E-state index contributed by atoms with van der Waals surface area (Å²) in [6, 6.07) is 4.51. The number of nitrogens with zero attached hydrogens (tertiary/aromatic N) is 4. The molecule has 0 atom stereocenters. The van der Waals surface area contributed by atoms with Crippen molar-refractivity contribution in [3.8, 4) is 5.75 Å². The van der Waals surface area contributed by atoms with Crippen LogP contribution in [0.2, 0.25) is 0 Å². The first-order valence-corrected chi connectivity index (χ1v) is 5.51. The Morgan fingerprint density at radius 2 is 2.32 bits per heavy atom. The third-order valence-electron chi connectivity index (χ3n) is 2.48. The molecule has 1 N–H and O–H groups in total. The number of hydrogen-bond acceptors (Lipinski definition) is 6. The van der Waals surface area contributed by atoms with Gasteiger partial charge in [-0.3, -0.25) is 14.8 Å². The molecule has 2 rings (SSSR count). The zero-order valence-corrected chi connectivity index (χ0v) is 10.5. The van der Waals surface area contributed by atoms with Gasteiger partial charge >= 0.3 is 0 Å². The van der Waals surface area contributed by atoms with Crippen LogP contribution in [0, 0.1) is 10.1 Å². The fourth-order valence-electron chi connectivity index (χ4n) is 1.58. The summed E-state index contributed by atoms with van der Waals surface area (Å²) < 4.78 is 6.61. The Morgan fingerprint density at radius 1 is 1.53 bits per heavy atom. The van der Waals surface area contributed by atoms with E-state index in [0.29, 0.717) is 23.8 Å². The minimum atomic E-state index is -0.451. The molecule has 2 aromatic rings. The lowest BCUT2D eigenvalue weighted by Crippen LogP contribution is -2.05. The van der Waals surface area contributed by atoms with Crippen molar-refractivity contribution in [3.05, 3.63) is 40.5 Å². The second kappa shape index (κ2) is 5.34. The number of aromatic nitrogens is 3. The van der Waals surface area contributed by atoms with Gasteiger partial charge in [0.05, 0.1) is 18.6 Å². The van der Waals surface area contributed by atoms with Crippen LogP contribution in [0.25, 0.3) is 0 Å². The average molecular weight is 263 g/mol. The Balaban J connectivity index is 2.19. The molecule has 0 aliphatic carbocycles. The van der Waals surface area contributed by atoms with Crippen LogP contribution in [0.15, 0.2) is 24.5 Å². The molecule has 8 nitrogen and oxygen atoms in total. The van der Waals surface area contributed by atoms with Crippen LogP contribution >= 0.6 is 0 Å². The third-order valence-corrected chi connectivity index (χ3v) is 2.48. The van der Waals surface area contributed by atoms with Crippen LogP contribution in [-0.2, 0) is 13.6 Å². The van der Waals surface area contributed by atoms with Crippen molar-refractivity contribution in [1.29, 1.82) is 0 Å². The van der Waals surface area contributed by atoms with E-state index in [4.69, 9.17) is 4.74 Å². The summed E-state index contributed by atoms with van der Waals surface area (Å²) >= 11 is 0. The van der Waals surface area contributed by atoms with Crippen molar-refractivity contribution in [2.75, 3.05) is 12.4 Å². The molecule has 0 saturated heterocycles. The predicted octanol–water partition coefficient (Wildman–Crippen LogP) is 1.34. The zero-order valence-electron chi connectivity index (χ0n) is 10.5. The van der Waals surface area contributed by atoms with Crippen LogP contribution < -0.4 is 10.1 Å². The predicted molar refractivity (Wildman–Crippen MR) is 68.0 cm³/mol. The Bertz CT molecular complexity index is 596. The largest absolute Gasteiger partial charge is 0.497 e. The maximum Gasteiger partial charge on any atom is 0.292 e. The lowest BCUT2D eigenvalue weighted by atomic mass is 10.2. The van der Waals surface area contributed by atoms with Crippen molar-refractivity contribution >= 4 is 11.4 Å². The molecular weight excluding hydrogens is 250 g/mol. The van der Waals surface area contributed by atoms with E-state index in [1.807, 2.05) is 0 Å². The highest BCUT2D eigenvalue weighted by Crippen LogP contribution is 2.28. The number of nitrogens with one attached hydrogen (secondary N) is 1. The highest BCUT2D eigenvalue weighted by atomic mass is 16.6. The average Bonchev–Trinajstić information content (AvgIpc) is 2.81. The molecule has 8 heteroatoms. The van der Waals surface area contributed by atoms with Gasteiger partial charge in [-0.1, -0.05) is 0 Å². The number of ether oxygens (including phenoxy) is 1. The fourth-order valence-corrected chi connectivity index (χ4v) is 1.58. The maximum atomic E-state index is 10.9. The fraction of sp³-hybridized carbons (Fsp3) is 0.273. The molecule has 0 radical (unpaired) electrons. The highest BCUT2D eigenvalue weighted by Gasteiger charge is 2.14. The molecule has 0 amide bonds. The van der Waals surface area contributed by atoms with Gasteiger partial charge in [-0.05, 0) is 6.07 Å². The van der Waals surface area contributed by atoms with Gasteiger partial charge in [0.15, 0.2) is 5.82 Å². The van der Waals surface area contributed by atoms with Gasteiger partial charge in [0.25, 0.3) is 5.69 Å². The molecule has 0 saturated carbocycles. The summed E-state index contributed by atoms with van der Waals surface area (Å²) in [5.41, 5.74) is 0.355. The van der Waals surface area contributed by atoms with E-state index in [0.717, 1.165) is 0 Å². The van der Waals surface area contributed by atoms with Crippen LogP contribution in [-0.4, -0.2) is 26.8 Å². The maximum absolute atomic E-state index is 10.9. The van der Waals surface area contributed by atoms with Crippen molar-refractivity contribution < 1.29 is 9.66 Å². The second-order valence-corrected chi connectivity index (χ2v) is 3.83. The van der Waals surface area contributed by atoms with Gasteiger partial charge in [-0.15, -0.1) is 0 Å². The van der Waals surface area contributed by atoms with Crippen molar-refractivity contribution in [2.24, 2.45) is 7.05 Å². The smallest absolute Gasteiger partial charge is 0.292 e. The number of nitro groups is 1. The first-order valence-electron chi connectivity index (χ1n) is 5.51. The second-order valence-electron chi connectivity index (χ2n) is 3.83. The normalized spacial score (nSPS) is 10.2. The number of nitro benzene ring substituents is 1. The molecule has 1 aromatic carbocycles. The Hall–Kier alpha value is -2.64. The molecular formula is C11H13N5O3. The van der Waals surface area contributed by atoms with E-state index in [9.17, 15) is 10.1 Å². The molecule has 0 aliphatic rings. The van der Waals surface area contributed by atoms with Crippen molar-refractivity contribution in [2.45, 2.75) is 6.54 Å². The zero-order chi connectivity index (χ0) is 13.8.